The zero-order valence-electron chi connectivity index (χ0n) is 12.7. The summed E-state index contributed by atoms with van der Waals surface area (Å²) < 4.78 is 6.56. The first-order valence-electron chi connectivity index (χ1n) is 6.27. The minimum atomic E-state index is -0.246. The van der Waals surface area contributed by atoms with Gasteiger partial charge in [0.2, 0.25) is 0 Å². The summed E-state index contributed by atoms with van der Waals surface area (Å²) in [6.07, 6.45) is 2.16. The number of aliphatic imine (C=N–C) groups is 1. The van der Waals surface area contributed by atoms with Gasteiger partial charge in [-0.25, -0.2) is 0 Å². The number of methoxy groups -OCH3 is 1. The summed E-state index contributed by atoms with van der Waals surface area (Å²) in [7, 11) is 6.95. The molecule has 0 atom stereocenters. The highest BCUT2D eigenvalue weighted by atomic mass is 127. The number of aromatic nitrogens is 1. The van der Waals surface area contributed by atoms with Gasteiger partial charge in [0.1, 0.15) is 0 Å². The lowest BCUT2D eigenvalue weighted by atomic mass is 10.4. The quantitative estimate of drug-likeness (QED) is 0.337. The molecule has 0 aliphatic rings. The molecule has 0 saturated carbocycles. The molecule has 1 aromatic heterocycles. The minimum Gasteiger partial charge on any atom is -0.469 e. The Balaban J connectivity index is 0.00000400. The molecule has 0 unspecified atom stereocenters. The summed E-state index contributed by atoms with van der Waals surface area (Å²) in [6.45, 7) is 1.15. The van der Waals surface area contributed by atoms with Crippen LogP contribution >= 0.6 is 35.6 Å². The monoisotopic (exact) mass is 428 g/mol. The van der Waals surface area contributed by atoms with Gasteiger partial charge in [0.25, 0.3) is 0 Å². The van der Waals surface area contributed by atoms with Crippen molar-refractivity contribution in [2.45, 2.75) is 13.0 Å². The fourth-order valence-electron chi connectivity index (χ4n) is 1.80. The van der Waals surface area contributed by atoms with Crippen molar-refractivity contribution < 1.29 is 9.53 Å². The van der Waals surface area contributed by atoms with Gasteiger partial charge < -0.3 is 19.5 Å². The van der Waals surface area contributed by atoms with Crippen LogP contribution in [0, 0.1) is 0 Å². The highest BCUT2D eigenvalue weighted by Crippen LogP contribution is 2.14. The lowest BCUT2D eigenvalue weighted by molar-refractivity contribution is -0.140. The Morgan fingerprint density at radius 3 is 2.71 bits per heavy atom. The Hall–Kier alpha value is -0.960. The molecule has 0 bridgehead atoms. The highest BCUT2D eigenvalue weighted by Gasteiger charge is 2.10. The molecule has 1 N–H and O–H groups in total. The summed E-state index contributed by atoms with van der Waals surface area (Å²) >= 11 is 5.96. The molecule has 0 amide bonds. The summed E-state index contributed by atoms with van der Waals surface area (Å²) in [5, 5.41) is 3.83. The number of carbonyl (C=O) groups excluding carboxylic acids is 1. The second-order valence-corrected chi connectivity index (χ2v) is 4.85. The first-order chi connectivity index (χ1) is 9.47. The molecule has 6 nitrogen and oxygen atoms in total. The number of nitrogens with zero attached hydrogens (tertiary/aromatic N) is 3. The molecule has 21 heavy (non-hydrogen) atoms. The highest BCUT2D eigenvalue weighted by molar-refractivity contribution is 14.0. The zero-order valence-corrected chi connectivity index (χ0v) is 15.8. The molecular weight excluding hydrogens is 407 g/mol. The number of rotatable bonds is 5. The SMILES string of the molecule is CN=C(NCCC(=O)OC)N(C)Cc1cc(Cl)cn1C.I. The van der Waals surface area contributed by atoms with Gasteiger partial charge in [-0.1, -0.05) is 11.6 Å². The maximum Gasteiger partial charge on any atom is 0.307 e. The van der Waals surface area contributed by atoms with Gasteiger partial charge in [-0.05, 0) is 6.07 Å². The first-order valence-corrected chi connectivity index (χ1v) is 6.65. The summed E-state index contributed by atoms with van der Waals surface area (Å²) in [5.74, 6) is 0.469. The van der Waals surface area contributed by atoms with E-state index in [1.54, 1.807) is 7.05 Å². The van der Waals surface area contributed by atoms with Gasteiger partial charge in [-0.2, -0.15) is 0 Å². The average molecular weight is 429 g/mol. The fraction of sp³-hybridized carbons (Fsp3) is 0.538. The largest absolute Gasteiger partial charge is 0.469 e. The van der Waals surface area contributed by atoms with Crippen LogP contribution in [0.15, 0.2) is 17.3 Å². The molecule has 120 valence electrons. The number of halogens is 2. The van der Waals surface area contributed by atoms with Crippen molar-refractivity contribution in [1.29, 1.82) is 0 Å². The smallest absolute Gasteiger partial charge is 0.307 e. The Bertz CT molecular complexity index is 491. The van der Waals surface area contributed by atoms with Gasteiger partial charge in [0.15, 0.2) is 5.96 Å². The lowest BCUT2D eigenvalue weighted by Gasteiger charge is -2.22. The van der Waals surface area contributed by atoms with Crippen LogP contribution in [0.25, 0.3) is 0 Å². The molecule has 1 aromatic rings. The Morgan fingerprint density at radius 2 is 2.24 bits per heavy atom. The van der Waals surface area contributed by atoms with Gasteiger partial charge in [-0.15, -0.1) is 24.0 Å². The summed E-state index contributed by atoms with van der Waals surface area (Å²) in [6, 6.07) is 1.92. The van der Waals surface area contributed by atoms with Crippen LogP contribution in [0.1, 0.15) is 12.1 Å². The molecule has 0 aliphatic heterocycles. The predicted molar refractivity (Wildman–Crippen MR) is 95.3 cm³/mol. The summed E-state index contributed by atoms with van der Waals surface area (Å²) in [5.41, 5.74) is 1.08. The lowest BCUT2D eigenvalue weighted by Crippen LogP contribution is -2.39. The number of hydrogen-bond acceptors (Lipinski definition) is 3. The number of guanidine groups is 1. The third kappa shape index (κ3) is 6.56. The minimum absolute atomic E-state index is 0. The van der Waals surface area contributed by atoms with Crippen molar-refractivity contribution in [3.63, 3.8) is 0 Å². The maximum atomic E-state index is 11.1. The first kappa shape index (κ1) is 20.0. The number of carbonyl (C=O) groups is 1. The fourth-order valence-corrected chi connectivity index (χ4v) is 2.08. The molecule has 0 spiro atoms. The van der Waals surface area contributed by atoms with E-state index in [0.717, 1.165) is 5.69 Å². The van der Waals surface area contributed by atoms with Crippen LogP contribution in [0.5, 0.6) is 0 Å². The molecular formula is C13H22ClIN4O2. The van der Waals surface area contributed by atoms with Crippen molar-refractivity contribution >= 4 is 47.5 Å². The maximum absolute atomic E-state index is 11.1. The molecule has 0 saturated heterocycles. The normalized spacial score (nSPS) is 10.8. The summed E-state index contributed by atoms with van der Waals surface area (Å²) in [4.78, 5) is 17.2. The van der Waals surface area contributed by atoms with Crippen LogP contribution in [0.4, 0.5) is 0 Å². The van der Waals surface area contributed by atoms with E-state index in [9.17, 15) is 4.79 Å². The van der Waals surface area contributed by atoms with E-state index in [1.807, 2.05) is 35.8 Å². The van der Waals surface area contributed by atoms with Crippen molar-refractivity contribution in [3.8, 4) is 0 Å². The van der Waals surface area contributed by atoms with Crippen molar-refractivity contribution in [2.75, 3.05) is 27.7 Å². The van der Waals surface area contributed by atoms with Crippen LogP contribution in [-0.4, -0.2) is 49.1 Å². The number of hydrogen-bond donors (Lipinski definition) is 1. The van der Waals surface area contributed by atoms with Crippen LogP contribution in [0.2, 0.25) is 5.02 Å². The van der Waals surface area contributed by atoms with Gasteiger partial charge in [-0.3, -0.25) is 9.79 Å². The van der Waals surface area contributed by atoms with E-state index in [2.05, 4.69) is 15.0 Å². The van der Waals surface area contributed by atoms with E-state index in [1.165, 1.54) is 7.11 Å². The average Bonchev–Trinajstić information content (AvgIpc) is 2.72. The van der Waals surface area contributed by atoms with Crippen LogP contribution < -0.4 is 5.32 Å². The Labute approximate surface area is 147 Å². The van der Waals surface area contributed by atoms with Crippen molar-refractivity contribution in [1.82, 2.24) is 14.8 Å². The molecule has 1 heterocycles. The molecule has 0 radical (unpaired) electrons. The van der Waals surface area contributed by atoms with E-state index >= 15 is 0 Å². The number of esters is 1. The second-order valence-electron chi connectivity index (χ2n) is 4.42. The third-order valence-electron chi connectivity index (χ3n) is 2.89. The van der Waals surface area contributed by atoms with Gasteiger partial charge in [0, 0.05) is 39.6 Å². The van der Waals surface area contributed by atoms with Gasteiger partial charge in [0.05, 0.1) is 25.1 Å². The number of aryl methyl sites for hydroxylation is 1. The third-order valence-corrected chi connectivity index (χ3v) is 3.09. The molecule has 0 fully saturated rings. The Morgan fingerprint density at radius 1 is 1.57 bits per heavy atom. The number of ether oxygens (including phenoxy) is 1. The zero-order chi connectivity index (χ0) is 15.1. The molecule has 0 aliphatic carbocycles. The van der Waals surface area contributed by atoms with E-state index in [4.69, 9.17) is 11.6 Å². The predicted octanol–water partition coefficient (Wildman–Crippen LogP) is 1.87. The topological polar surface area (TPSA) is 58.9 Å². The van der Waals surface area contributed by atoms with E-state index < -0.39 is 0 Å². The van der Waals surface area contributed by atoms with Gasteiger partial charge >= 0.3 is 5.97 Å². The Kier molecular flexibility index (Phi) is 9.43. The van der Waals surface area contributed by atoms with Crippen LogP contribution in [-0.2, 0) is 23.1 Å². The number of nitrogens with one attached hydrogen (secondary N) is 1. The molecule has 0 aromatic carbocycles. The van der Waals surface area contributed by atoms with Crippen molar-refractivity contribution in [3.05, 3.63) is 23.0 Å². The van der Waals surface area contributed by atoms with Crippen LogP contribution in [0.3, 0.4) is 0 Å². The van der Waals surface area contributed by atoms with E-state index in [-0.39, 0.29) is 29.9 Å². The van der Waals surface area contributed by atoms with E-state index in [0.29, 0.717) is 30.5 Å². The van der Waals surface area contributed by atoms with Crippen molar-refractivity contribution in [2.24, 2.45) is 12.0 Å². The standard InChI is InChI=1S/C13H21ClN4O2.HI/c1-15-13(16-6-5-12(19)20-4)18(3)9-11-7-10(14)8-17(11)2;/h7-8H,5-6,9H2,1-4H3,(H,15,16);1H. The molecule has 8 heteroatoms. The second kappa shape index (κ2) is 9.88. The molecule has 1 rings (SSSR count).